The van der Waals surface area contributed by atoms with Crippen molar-refractivity contribution in [2.24, 2.45) is 0 Å². The molecule has 0 atom stereocenters. The van der Waals surface area contributed by atoms with Crippen molar-refractivity contribution in [2.75, 3.05) is 10.6 Å². The predicted octanol–water partition coefficient (Wildman–Crippen LogP) is 4.84. The van der Waals surface area contributed by atoms with Crippen LogP contribution in [-0.4, -0.2) is 15.6 Å². The van der Waals surface area contributed by atoms with E-state index in [2.05, 4.69) is 21.4 Å². The standard InChI is InChI=1S/C21H22N4O/c1-15-7-6-8-16(13-15)22-21(26)24-18-10-3-2-9-17(18)19-14-25-12-5-4-11-20(25)23-19/h2-3,6-10,13-14H,4-5,11-12H2,1H3,(H2,22,24,26). The number of nitrogens with one attached hydrogen (secondary N) is 2. The summed E-state index contributed by atoms with van der Waals surface area (Å²) in [6.45, 7) is 3.02. The number of carbonyl (C=O) groups is 1. The third-order valence-corrected chi connectivity index (χ3v) is 4.64. The molecule has 0 bridgehead atoms. The highest BCUT2D eigenvalue weighted by Gasteiger charge is 2.16. The molecular formula is C21H22N4O. The molecular weight excluding hydrogens is 324 g/mol. The number of amides is 2. The molecule has 1 aliphatic heterocycles. The zero-order valence-corrected chi connectivity index (χ0v) is 14.8. The summed E-state index contributed by atoms with van der Waals surface area (Å²) in [6.07, 6.45) is 5.49. The highest BCUT2D eigenvalue weighted by atomic mass is 16.2. The first-order chi connectivity index (χ1) is 12.7. The summed E-state index contributed by atoms with van der Waals surface area (Å²) in [7, 11) is 0. The summed E-state index contributed by atoms with van der Waals surface area (Å²) >= 11 is 0. The van der Waals surface area contributed by atoms with Crippen molar-refractivity contribution in [1.29, 1.82) is 0 Å². The molecule has 4 rings (SSSR count). The van der Waals surface area contributed by atoms with Gasteiger partial charge in [0.15, 0.2) is 0 Å². The lowest BCUT2D eigenvalue weighted by Gasteiger charge is -2.11. The fraction of sp³-hybridized carbons (Fsp3) is 0.238. The van der Waals surface area contributed by atoms with E-state index in [9.17, 15) is 4.79 Å². The first kappa shape index (κ1) is 16.4. The summed E-state index contributed by atoms with van der Waals surface area (Å²) < 4.78 is 2.22. The largest absolute Gasteiger partial charge is 0.334 e. The molecule has 0 unspecified atom stereocenters. The minimum Gasteiger partial charge on any atom is -0.334 e. The van der Waals surface area contributed by atoms with Gasteiger partial charge in [-0.05, 0) is 43.5 Å². The zero-order valence-electron chi connectivity index (χ0n) is 14.8. The average molecular weight is 346 g/mol. The van der Waals surface area contributed by atoms with Crippen molar-refractivity contribution >= 4 is 17.4 Å². The number of aryl methyl sites for hydroxylation is 3. The molecule has 2 heterocycles. The van der Waals surface area contributed by atoms with Crippen LogP contribution in [0.5, 0.6) is 0 Å². The molecule has 0 saturated carbocycles. The Hall–Kier alpha value is -3.08. The van der Waals surface area contributed by atoms with Gasteiger partial charge in [0, 0.05) is 30.4 Å². The maximum absolute atomic E-state index is 12.4. The number of benzene rings is 2. The maximum atomic E-state index is 12.4. The van der Waals surface area contributed by atoms with E-state index in [0.717, 1.165) is 47.0 Å². The van der Waals surface area contributed by atoms with Crippen molar-refractivity contribution in [1.82, 2.24) is 9.55 Å². The molecule has 2 aromatic carbocycles. The van der Waals surface area contributed by atoms with Gasteiger partial charge in [0.05, 0.1) is 11.4 Å². The Morgan fingerprint density at radius 3 is 2.81 bits per heavy atom. The van der Waals surface area contributed by atoms with Crippen LogP contribution in [0.2, 0.25) is 0 Å². The lowest BCUT2D eigenvalue weighted by Crippen LogP contribution is -2.19. The van der Waals surface area contributed by atoms with Gasteiger partial charge in [-0.3, -0.25) is 0 Å². The van der Waals surface area contributed by atoms with Gasteiger partial charge < -0.3 is 15.2 Å². The van der Waals surface area contributed by atoms with Crippen LogP contribution in [-0.2, 0) is 13.0 Å². The predicted molar refractivity (Wildman–Crippen MR) is 104 cm³/mol. The van der Waals surface area contributed by atoms with Crippen molar-refractivity contribution < 1.29 is 4.79 Å². The highest BCUT2D eigenvalue weighted by Crippen LogP contribution is 2.29. The summed E-state index contributed by atoms with van der Waals surface area (Å²) in [5.41, 5.74) is 4.49. The van der Waals surface area contributed by atoms with Gasteiger partial charge >= 0.3 is 6.03 Å². The quantitative estimate of drug-likeness (QED) is 0.713. The molecule has 0 aliphatic carbocycles. The highest BCUT2D eigenvalue weighted by molar-refractivity contribution is 6.02. The Morgan fingerprint density at radius 1 is 1.08 bits per heavy atom. The van der Waals surface area contributed by atoms with Crippen LogP contribution < -0.4 is 10.6 Å². The van der Waals surface area contributed by atoms with Gasteiger partial charge in [-0.1, -0.05) is 30.3 Å². The number of nitrogens with zero attached hydrogens (tertiary/aromatic N) is 2. The molecule has 2 N–H and O–H groups in total. The first-order valence-electron chi connectivity index (χ1n) is 8.99. The number of para-hydroxylation sites is 1. The Balaban J connectivity index is 1.56. The second kappa shape index (κ2) is 7.04. The van der Waals surface area contributed by atoms with Crippen LogP contribution >= 0.6 is 0 Å². The molecule has 2 amide bonds. The van der Waals surface area contributed by atoms with Gasteiger partial charge in [0.2, 0.25) is 0 Å². The summed E-state index contributed by atoms with van der Waals surface area (Å²) in [6, 6.07) is 15.3. The fourth-order valence-corrected chi connectivity index (χ4v) is 3.37. The third-order valence-electron chi connectivity index (χ3n) is 4.64. The zero-order chi connectivity index (χ0) is 17.9. The number of imidazole rings is 1. The molecule has 26 heavy (non-hydrogen) atoms. The van der Waals surface area contributed by atoms with E-state index in [0.29, 0.717) is 0 Å². The van der Waals surface area contributed by atoms with E-state index in [1.165, 1.54) is 12.8 Å². The van der Waals surface area contributed by atoms with Crippen LogP contribution in [0.25, 0.3) is 11.3 Å². The molecule has 0 saturated heterocycles. The van der Waals surface area contributed by atoms with Gasteiger partial charge in [0.1, 0.15) is 5.82 Å². The van der Waals surface area contributed by atoms with Gasteiger partial charge in [-0.2, -0.15) is 0 Å². The molecule has 1 aliphatic rings. The van der Waals surface area contributed by atoms with Crippen LogP contribution in [0.1, 0.15) is 24.2 Å². The smallest absolute Gasteiger partial charge is 0.323 e. The van der Waals surface area contributed by atoms with Crippen LogP contribution in [0.15, 0.2) is 54.7 Å². The monoisotopic (exact) mass is 346 g/mol. The number of carbonyl (C=O) groups excluding carboxylic acids is 1. The van der Waals surface area contributed by atoms with Crippen molar-refractivity contribution in [3.8, 4) is 11.3 Å². The summed E-state index contributed by atoms with van der Waals surface area (Å²) in [4.78, 5) is 17.2. The maximum Gasteiger partial charge on any atom is 0.323 e. The van der Waals surface area contributed by atoms with E-state index in [1.54, 1.807) is 0 Å². The second-order valence-electron chi connectivity index (χ2n) is 6.69. The Labute approximate surface area is 153 Å². The Kier molecular flexibility index (Phi) is 4.44. The van der Waals surface area contributed by atoms with E-state index >= 15 is 0 Å². The minimum atomic E-state index is -0.257. The molecule has 1 aromatic heterocycles. The Morgan fingerprint density at radius 2 is 1.96 bits per heavy atom. The normalized spacial score (nSPS) is 13.1. The number of urea groups is 1. The van der Waals surface area contributed by atoms with E-state index < -0.39 is 0 Å². The SMILES string of the molecule is Cc1cccc(NC(=O)Nc2ccccc2-c2cn3c(n2)CCCC3)c1. The summed E-state index contributed by atoms with van der Waals surface area (Å²) in [5.74, 6) is 1.13. The van der Waals surface area contributed by atoms with Crippen LogP contribution in [0, 0.1) is 6.92 Å². The van der Waals surface area contributed by atoms with E-state index in [-0.39, 0.29) is 6.03 Å². The topological polar surface area (TPSA) is 59.0 Å². The lowest BCUT2D eigenvalue weighted by atomic mass is 10.1. The van der Waals surface area contributed by atoms with Crippen molar-refractivity contribution in [3.63, 3.8) is 0 Å². The van der Waals surface area contributed by atoms with E-state index in [1.807, 2.05) is 55.5 Å². The number of rotatable bonds is 3. The lowest BCUT2D eigenvalue weighted by molar-refractivity contribution is 0.262. The summed E-state index contributed by atoms with van der Waals surface area (Å²) in [5, 5.41) is 5.84. The third kappa shape index (κ3) is 3.47. The number of fused-ring (bicyclic) bond motifs is 1. The average Bonchev–Trinajstić information content (AvgIpc) is 3.06. The first-order valence-corrected chi connectivity index (χ1v) is 8.99. The fourth-order valence-electron chi connectivity index (χ4n) is 3.37. The van der Waals surface area contributed by atoms with Crippen LogP contribution in [0.3, 0.4) is 0 Å². The van der Waals surface area contributed by atoms with Gasteiger partial charge in [-0.25, -0.2) is 9.78 Å². The number of hydrogen-bond donors (Lipinski definition) is 2. The number of hydrogen-bond acceptors (Lipinski definition) is 2. The Bertz CT molecular complexity index is 921. The van der Waals surface area contributed by atoms with Crippen molar-refractivity contribution in [3.05, 3.63) is 66.1 Å². The van der Waals surface area contributed by atoms with Crippen LogP contribution in [0.4, 0.5) is 16.2 Å². The molecule has 5 nitrogen and oxygen atoms in total. The molecule has 3 aromatic rings. The molecule has 0 fully saturated rings. The van der Waals surface area contributed by atoms with E-state index in [4.69, 9.17) is 4.98 Å². The van der Waals surface area contributed by atoms with Crippen molar-refractivity contribution in [2.45, 2.75) is 32.7 Å². The van der Waals surface area contributed by atoms with Gasteiger partial charge in [0.25, 0.3) is 0 Å². The minimum absolute atomic E-state index is 0.257. The molecule has 5 heteroatoms. The molecule has 0 radical (unpaired) electrons. The number of aromatic nitrogens is 2. The van der Waals surface area contributed by atoms with Gasteiger partial charge in [-0.15, -0.1) is 0 Å². The second-order valence-corrected chi connectivity index (χ2v) is 6.69. The number of anilines is 2. The molecule has 132 valence electrons. The molecule has 0 spiro atoms.